The molecule has 3 nitrogen and oxygen atoms in total. The summed E-state index contributed by atoms with van der Waals surface area (Å²) in [5, 5.41) is 3.34. The zero-order valence-electron chi connectivity index (χ0n) is 11.5. The van der Waals surface area contributed by atoms with Crippen molar-refractivity contribution in [2.75, 3.05) is 26.2 Å². The monoisotopic (exact) mass is 274 g/mol. The number of amides is 1. The number of hydrogen-bond acceptors (Lipinski definition) is 2. The maximum Gasteiger partial charge on any atom is 0.222 e. The molecule has 0 radical (unpaired) electrons. The number of rotatable bonds is 3. The highest BCUT2D eigenvalue weighted by Crippen LogP contribution is 2.22. The molecule has 4 heteroatoms. The van der Waals surface area contributed by atoms with Crippen LogP contribution in [0.4, 0.5) is 0 Å². The fraction of sp³-hybridized carbons (Fsp3) is 0.929. The molecule has 0 aromatic heterocycles. The predicted octanol–water partition coefficient (Wildman–Crippen LogP) is 2.45. The van der Waals surface area contributed by atoms with E-state index in [0.717, 1.165) is 38.5 Å². The Balaban J connectivity index is 0.00000162. The van der Waals surface area contributed by atoms with E-state index < -0.39 is 0 Å². The van der Waals surface area contributed by atoms with Crippen LogP contribution in [0, 0.1) is 11.8 Å². The van der Waals surface area contributed by atoms with Crippen molar-refractivity contribution in [3.8, 4) is 0 Å². The zero-order valence-corrected chi connectivity index (χ0v) is 12.3. The van der Waals surface area contributed by atoms with Crippen molar-refractivity contribution in [3.05, 3.63) is 0 Å². The van der Waals surface area contributed by atoms with Gasteiger partial charge in [-0.25, -0.2) is 0 Å². The summed E-state index contributed by atoms with van der Waals surface area (Å²) < 4.78 is 0. The molecule has 0 aliphatic carbocycles. The van der Waals surface area contributed by atoms with Crippen LogP contribution >= 0.6 is 12.4 Å². The van der Waals surface area contributed by atoms with Crippen LogP contribution in [0.1, 0.15) is 45.4 Å². The number of likely N-dealkylation sites (tertiary alicyclic amines) is 1. The van der Waals surface area contributed by atoms with Gasteiger partial charge >= 0.3 is 0 Å². The smallest absolute Gasteiger partial charge is 0.222 e. The minimum atomic E-state index is 0. The van der Waals surface area contributed by atoms with Gasteiger partial charge < -0.3 is 10.2 Å². The standard InChI is InChI=1S/C14H26N2O.ClH/c1-2-12-4-3-8-16(9-6-12)14(17)10-13-5-7-15-11-13;/h12-13,15H,2-11H2,1H3;1H. The third-order valence-electron chi connectivity index (χ3n) is 4.40. The molecule has 2 saturated heterocycles. The largest absolute Gasteiger partial charge is 0.343 e. The molecule has 2 unspecified atom stereocenters. The van der Waals surface area contributed by atoms with Gasteiger partial charge in [0.2, 0.25) is 5.91 Å². The van der Waals surface area contributed by atoms with Crippen LogP contribution in [0.2, 0.25) is 0 Å². The molecule has 0 saturated carbocycles. The van der Waals surface area contributed by atoms with Gasteiger partial charge in [0.15, 0.2) is 0 Å². The molecule has 2 fully saturated rings. The van der Waals surface area contributed by atoms with E-state index in [1.807, 2.05) is 0 Å². The number of carbonyl (C=O) groups is 1. The molecular formula is C14H27ClN2O. The van der Waals surface area contributed by atoms with Crippen LogP contribution in [-0.4, -0.2) is 37.0 Å². The Morgan fingerprint density at radius 3 is 2.72 bits per heavy atom. The van der Waals surface area contributed by atoms with Crippen molar-refractivity contribution < 1.29 is 4.79 Å². The van der Waals surface area contributed by atoms with E-state index in [-0.39, 0.29) is 12.4 Å². The van der Waals surface area contributed by atoms with Crippen LogP contribution in [0.3, 0.4) is 0 Å². The number of nitrogens with zero attached hydrogens (tertiary/aromatic N) is 1. The predicted molar refractivity (Wildman–Crippen MR) is 77.1 cm³/mol. The molecule has 106 valence electrons. The topological polar surface area (TPSA) is 32.3 Å². The summed E-state index contributed by atoms with van der Waals surface area (Å²) >= 11 is 0. The van der Waals surface area contributed by atoms with Crippen LogP contribution in [0.15, 0.2) is 0 Å². The van der Waals surface area contributed by atoms with E-state index in [0.29, 0.717) is 11.8 Å². The van der Waals surface area contributed by atoms with E-state index >= 15 is 0 Å². The van der Waals surface area contributed by atoms with Crippen molar-refractivity contribution in [3.63, 3.8) is 0 Å². The maximum absolute atomic E-state index is 12.2. The van der Waals surface area contributed by atoms with Gasteiger partial charge in [0, 0.05) is 19.5 Å². The minimum Gasteiger partial charge on any atom is -0.343 e. The highest BCUT2D eigenvalue weighted by Gasteiger charge is 2.23. The van der Waals surface area contributed by atoms with Crippen molar-refractivity contribution in [2.45, 2.75) is 45.4 Å². The van der Waals surface area contributed by atoms with Crippen molar-refractivity contribution in [2.24, 2.45) is 11.8 Å². The third kappa shape index (κ3) is 4.43. The Hall–Kier alpha value is -0.280. The fourth-order valence-electron chi connectivity index (χ4n) is 3.09. The Kier molecular flexibility index (Phi) is 7.02. The van der Waals surface area contributed by atoms with Gasteiger partial charge in [-0.15, -0.1) is 12.4 Å². The second-order valence-electron chi connectivity index (χ2n) is 5.65. The molecule has 2 aliphatic heterocycles. The third-order valence-corrected chi connectivity index (χ3v) is 4.40. The van der Waals surface area contributed by atoms with E-state index in [2.05, 4.69) is 17.1 Å². The molecule has 0 aromatic rings. The molecule has 2 aliphatic rings. The molecule has 1 N–H and O–H groups in total. The molecule has 2 rings (SSSR count). The Bertz CT molecular complexity index is 254. The lowest BCUT2D eigenvalue weighted by Gasteiger charge is -2.22. The number of nitrogens with one attached hydrogen (secondary N) is 1. The van der Waals surface area contributed by atoms with Gasteiger partial charge in [-0.05, 0) is 50.6 Å². The molecule has 0 bridgehead atoms. The minimum absolute atomic E-state index is 0. The summed E-state index contributed by atoms with van der Waals surface area (Å²) in [4.78, 5) is 14.3. The van der Waals surface area contributed by atoms with Crippen molar-refractivity contribution >= 4 is 18.3 Å². The molecule has 1 amide bonds. The zero-order chi connectivity index (χ0) is 12.1. The van der Waals surface area contributed by atoms with E-state index in [1.54, 1.807) is 0 Å². The van der Waals surface area contributed by atoms with Gasteiger partial charge in [-0.2, -0.15) is 0 Å². The first-order chi connectivity index (χ1) is 8.29. The van der Waals surface area contributed by atoms with Crippen LogP contribution in [0.25, 0.3) is 0 Å². The van der Waals surface area contributed by atoms with E-state index in [1.165, 1.54) is 32.1 Å². The first-order valence-electron chi connectivity index (χ1n) is 7.28. The quantitative estimate of drug-likeness (QED) is 0.857. The van der Waals surface area contributed by atoms with E-state index in [9.17, 15) is 4.79 Å². The summed E-state index contributed by atoms with van der Waals surface area (Å²) in [7, 11) is 0. The number of hydrogen-bond donors (Lipinski definition) is 1. The average molecular weight is 275 g/mol. The Morgan fingerprint density at radius 2 is 2.06 bits per heavy atom. The highest BCUT2D eigenvalue weighted by molar-refractivity contribution is 5.85. The van der Waals surface area contributed by atoms with Gasteiger partial charge in [-0.3, -0.25) is 4.79 Å². The van der Waals surface area contributed by atoms with Gasteiger partial charge in [0.05, 0.1) is 0 Å². The molecule has 0 aromatic carbocycles. The maximum atomic E-state index is 12.2. The molecule has 0 spiro atoms. The van der Waals surface area contributed by atoms with Gasteiger partial charge in [0.1, 0.15) is 0 Å². The lowest BCUT2D eigenvalue weighted by Crippen LogP contribution is -2.33. The molecule has 2 heterocycles. The SMILES string of the molecule is CCC1CCCN(C(=O)CC2CCNC2)CC1.Cl. The molecular weight excluding hydrogens is 248 g/mol. The molecule has 2 atom stereocenters. The van der Waals surface area contributed by atoms with Crippen LogP contribution in [0.5, 0.6) is 0 Å². The number of halogens is 1. The summed E-state index contributed by atoms with van der Waals surface area (Å²) in [6.45, 7) is 6.40. The average Bonchev–Trinajstić information content (AvgIpc) is 2.71. The van der Waals surface area contributed by atoms with Gasteiger partial charge in [-0.1, -0.05) is 13.3 Å². The second kappa shape index (κ2) is 8.00. The lowest BCUT2D eigenvalue weighted by molar-refractivity contribution is -0.132. The summed E-state index contributed by atoms with van der Waals surface area (Å²) in [5.74, 6) is 1.84. The highest BCUT2D eigenvalue weighted by atomic mass is 35.5. The Morgan fingerprint density at radius 1 is 1.22 bits per heavy atom. The normalized spacial score (nSPS) is 28.6. The van der Waals surface area contributed by atoms with Crippen LogP contribution < -0.4 is 5.32 Å². The summed E-state index contributed by atoms with van der Waals surface area (Å²) in [5.41, 5.74) is 0. The lowest BCUT2D eigenvalue weighted by atomic mass is 9.98. The fourth-order valence-corrected chi connectivity index (χ4v) is 3.09. The first-order valence-corrected chi connectivity index (χ1v) is 7.28. The molecule has 18 heavy (non-hydrogen) atoms. The number of carbonyl (C=O) groups excluding carboxylic acids is 1. The van der Waals surface area contributed by atoms with Crippen LogP contribution in [-0.2, 0) is 4.79 Å². The second-order valence-corrected chi connectivity index (χ2v) is 5.65. The van der Waals surface area contributed by atoms with Crippen molar-refractivity contribution in [1.82, 2.24) is 10.2 Å². The Labute approximate surface area is 117 Å². The summed E-state index contributed by atoms with van der Waals surface area (Å²) in [6.07, 6.45) is 6.94. The van der Waals surface area contributed by atoms with Gasteiger partial charge in [0.25, 0.3) is 0 Å². The summed E-state index contributed by atoms with van der Waals surface area (Å²) in [6, 6.07) is 0. The van der Waals surface area contributed by atoms with E-state index in [4.69, 9.17) is 0 Å². The van der Waals surface area contributed by atoms with Crippen molar-refractivity contribution in [1.29, 1.82) is 0 Å². The first kappa shape index (κ1) is 15.8.